The number of nitrogens with zero attached hydrogens (tertiary/aromatic N) is 2. The molecule has 0 amide bonds. The van der Waals surface area contributed by atoms with Gasteiger partial charge in [0.15, 0.2) is 0 Å². The fraction of sp³-hybridized carbons (Fsp3) is 1.00. The summed E-state index contributed by atoms with van der Waals surface area (Å²) >= 11 is 0. The lowest BCUT2D eigenvalue weighted by molar-refractivity contribution is 0.229. The third kappa shape index (κ3) is 3.91. The standard InChI is InChI=1S/C12H27N3O2S/c1-11-6-4-7-12(10-11)15(3)18(16,17)14(2)9-5-8-13/h11-12H,4-10,13H2,1-3H3. The summed E-state index contributed by atoms with van der Waals surface area (Å²) < 4.78 is 27.7. The Labute approximate surface area is 112 Å². The third-order valence-corrected chi connectivity index (χ3v) is 5.85. The number of hydrogen-bond donors (Lipinski definition) is 1. The monoisotopic (exact) mass is 277 g/mol. The third-order valence-electron chi connectivity index (χ3n) is 3.86. The normalized spacial score (nSPS) is 25.9. The zero-order valence-electron chi connectivity index (χ0n) is 11.8. The van der Waals surface area contributed by atoms with E-state index in [1.165, 1.54) is 10.7 Å². The Morgan fingerprint density at radius 3 is 2.50 bits per heavy atom. The lowest BCUT2D eigenvalue weighted by atomic mass is 9.87. The minimum absolute atomic E-state index is 0.152. The van der Waals surface area contributed by atoms with Gasteiger partial charge in [-0.05, 0) is 31.7 Å². The van der Waals surface area contributed by atoms with Crippen molar-refractivity contribution in [2.75, 3.05) is 27.2 Å². The minimum atomic E-state index is -3.32. The molecule has 1 aliphatic carbocycles. The zero-order valence-corrected chi connectivity index (χ0v) is 12.6. The average molecular weight is 277 g/mol. The van der Waals surface area contributed by atoms with Crippen molar-refractivity contribution in [3.8, 4) is 0 Å². The van der Waals surface area contributed by atoms with E-state index in [1.807, 2.05) is 0 Å². The molecule has 2 unspecified atom stereocenters. The van der Waals surface area contributed by atoms with E-state index in [4.69, 9.17) is 5.73 Å². The lowest BCUT2D eigenvalue weighted by Crippen LogP contribution is -2.46. The van der Waals surface area contributed by atoms with Gasteiger partial charge in [0.1, 0.15) is 0 Å². The first kappa shape index (κ1) is 15.9. The maximum atomic E-state index is 12.4. The molecule has 1 rings (SSSR count). The second-order valence-corrected chi connectivity index (χ2v) is 7.51. The average Bonchev–Trinajstić information content (AvgIpc) is 2.34. The predicted octanol–water partition coefficient (Wildman–Crippen LogP) is 1.02. The van der Waals surface area contributed by atoms with Crippen LogP contribution in [0.25, 0.3) is 0 Å². The first-order valence-electron chi connectivity index (χ1n) is 6.79. The van der Waals surface area contributed by atoms with Gasteiger partial charge in [0.25, 0.3) is 10.2 Å². The molecule has 0 heterocycles. The fourth-order valence-electron chi connectivity index (χ4n) is 2.57. The molecular formula is C12H27N3O2S. The van der Waals surface area contributed by atoms with Crippen molar-refractivity contribution >= 4 is 10.2 Å². The summed E-state index contributed by atoms with van der Waals surface area (Å²) in [6, 6.07) is 0.152. The van der Waals surface area contributed by atoms with Gasteiger partial charge in [0.05, 0.1) is 0 Å². The van der Waals surface area contributed by atoms with Gasteiger partial charge < -0.3 is 5.73 Å². The first-order valence-corrected chi connectivity index (χ1v) is 8.18. The minimum Gasteiger partial charge on any atom is -0.330 e. The Bertz CT molecular complexity index is 345. The smallest absolute Gasteiger partial charge is 0.281 e. The van der Waals surface area contributed by atoms with E-state index in [0.717, 1.165) is 19.3 Å². The Morgan fingerprint density at radius 1 is 1.28 bits per heavy atom. The SMILES string of the molecule is CC1CCCC(N(C)S(=O)(=O)N(C)CCCN)C1. The van der Waals surface area contributed by atoms with Crippen LogP contribution in [0.15, 0.2) is 0 Å². The molecule has 5 nitrogen and oxygen atoms in total. The van der Waals surface area contributed by atoms with Gasteiger partial charge in [-0.2, -0.15) is 17.0 Å². The molecule has 0 aromatic heterocycles. The molecule has 1 saturated carbocycles. The van der Waals surface area contributed by atoms with Crippen LogP contribution in [0.4, 0.5) is 0 Å². The number of nitrogens with two attached hydrogens (primary N) is 1. The Balaban J connectivity index is 2.65. The van der Waals surface area contributed by atoms with E-state index in [9.17, 15) is 8.42 Å². The molecule has 1 aliphatic rings. The van der Waals surface area contributed by atoms with Gasteiger partial charge in [-0.3, -0.25) is 0 Å². The van der Waals surface area contributed by atoms with E-state index in [2.05, 4.69) is 6.92 Å². The van der Waals surface area contributed by atoms with Gasteiger partial charge in [-0.15, -0.1) is 0 Å². The predicted molar refractivity (Wildman–Crippen MR) is 74.4 cm³/mol. The van der Waals surface area contributed by atoms with Gasteiger partial charge in [-0.25, -0.2) is 0 Å². The van der Waals surface area contributed by atoms with E-state index in [1.54, 1.807) is 18.4 Å². The Kier molecular flexibility index (Phi) is 6.04. The molecule has 0 aliphatic heterocycles. The van der Waals surface area contributed by atoms with Crippen LogP contribution in [0, 0.1) is 5.92 Å². The molecule has 0 aromatic carbocycles. The molecular weight excluding hydrogens is 250 g/mol. The van der Waals surface area contributed by atoms with Crippen LogP contribution >= 0.6 is 0 Å². The van der Waals surface area contributed by atoms with Crippen LogP contribution in [0.5, 0.6) is 0 Å². The van der Waals surface area contributed by atoms with Crippen molar-refractivity contribution in [1.82, 2.24) is 8.61 Å². The van der Waals surface area contributed by atoms with Crippen molar-refractivity contribution in [2.24, 2.45) is 11.7 Å². The molecule has 0 bridgehead atoms. The molecule has 108 valence electrons. The quantitative estimate of drug-likeness (QED) is 0.788. The largest absolute Gasteiger partial charge is 0.330 e. The second-order valence-electron chi connectivity index (χ2n) is 5.41. The summed E-state index contributed by atoms with van der Waals surface area (Å²) in [4.78, 5) is 0. The molecule has 6 heteroatoms. The van der Waals surface area contributed by atoms with E-state index < -0.39 is 10.2 Å². The van der Waals surface area contributed by atoms with Crippen LogP contribution in [-0.2, 0) is 10.2 Å². The summed E-state index contributed by atoms with van der Waals surface area (Å²) in [6.45, 7) is 3.21. The van der Waals surface area contributed by atoms with Crippen LogP contribution in [0.1, 0.15) is 39.0 Å². The van der Waals surface area contributed by atoms with E-state index >= 15 is 0 Å². The molecule has 2 N–H and O–H groups in total. The number of rotatable bonds is 6. The van der Waals surface area contributed by atoms with Crippen LogP contribution in [0.3, 0.4) is 0 Å². The Morgan fingerprint density at radius 2 is 1.94 bits per heavy atom. The van der Waals surface area contributed by atoms with Crippen molar-refractivity contribution in [2.45, 2.75) is 45.1 Å². The van der Waals surface area contributed by atoms with Gasteiger partial charge in [-0.1, -0.05) is 19.8 Å². The maximum absolute atomic E-state index is 12.4. The van der Waals surface area contributed by atoms with E-state index in [0.29, 0.717) is 25.4 Å². The molecule has 18 heavy (non-hydrogen) atoms. The van der Waals surface area contributed by atoms with Crippen molar-refractivity contribution in [3.63, 3.8) is 0 Å². The summed E-state index contributed by atoms with van der Waals surface area (Å²) in [6.07, 6.45) is 4.99. The summed E-state index contributed by atoms with van der Waals surface area (Å²) in [5.74, 6) is 0.621. The topological polar surface area (TPSA) is 66.6 Å². The zero-order chi connectivity index (χ0) is 13.8. The maximum Gasteiger partial charge on any atom is 0.281 e. The molecule has 0 radical (unpaired) electrons. The van der Waals surface area contributed by atoms with Crippen molar-refractivity contribution in [3.05, 3.63) is 0 Å². The van der Waals surface area contributed by atoms with Gasteiger partial charge >= 0.3 is 0 Å². The highest BCUT2D eigenvalue weighted by Crippen LogP contribution is 2.28. The second kappa shape index (κ2) is 6.84. The first-order chi connectivity index (χ1) is 8.39. The van der Waals surface area contributed by atoms with E-state index in [-0.39, 0.29) is 6.04 Å². The number of hydrogen-bond acceptors (Lipinski definition) is 3. The summed E-state index contributed by atoms with van der Waals surface area (Å²) in [5, 5.41) is 0. The van der Waals surface area contributed by atoms with Crippen LogP contribution < -0.4 is 5.73 Å². The highest BCUT2D eigenvalue weighted by molar-refractivity contribution is 7.86. The summed E-state index contributed by atoms with van der Waals surface area (Å²) in [7, 11) is 0.0149. The molecule has 2 atom stereocenters. The molecule has 1 fully saturated rings. The Hall–Kier alpha value is -0.170. The van der Waals surface area contributed by atoms with Gasteiger partial charge in [0.2, 0.25) is 0 Å². The molecule has 0 saturated heterocycles. The molecule has 0 spiro atoms. The molecule has 0 aromatic rings. The van der Waals surface area contributed by atoms with Crippen molar-refractivity contribution in [1.29, 1.82) is 0 Å². The van der Waals surface area contributed by atoms with Crippen LogP contribution in [-0.4, -0.2) is 50.3 Å². The van der Waals surface area contributed by atoms with Gasteiger partial charge in [0, 0.05) is 26.7 Å². The fourth-order valence-corrected chi connectivity index (χ4v) is 3.94. The summed E-state index contributed by atoms with van der Waals surface area (Å²) in [5.41, 5.74) is 5.42. The highest BCUT2D eigenvalue weighted by Gasteiger charge is 2.32. The van der Waals surface area contributed by atoms with Crippen molar-refractivity contribution < 1.29 is 8.42 Å². The highest BCUT2D eigenvalue weighted by atomic mass is 32.2. The van der Waals surface area contributed by atoms with Crippen LogP contribution in [0.2, 0.25) is 0 Å². The lowest BCUT2D eigenvalue weighted by Gasteiger charge is -2.35.